The first kappa shape index (κ1) is 36.0. The van der Waals surface area contributed by atoms with Crippen molar-refractivity contribution in [3.05, 3.63) is 112 Å². The number of pyridine rings is 1. The zero-order valence-electron chi connectivity index (χ0n) is 27.1. The average Bonchev–Trinajstić information content (AvgIpc) is 3.40. The van der Waals surface area contributed by atoms with Gasteiger partial charge in [0.15, 0.2) is 6.10 Å². The largest absolute Gasteiger partial charge is 0.444 e. The van der Waals surface area contributed by atoms with Crippen LogP contribution in [0.2, 0.25) is 0 Å². The number of carbonyl (C=O) groups excluding carboxylic acids is 4. The van der Waals surface area contributed by atoms with Gasteiger partial charge < -0.3 is 29.2 Å². The van der Waals surface area contributed by atoms with Crippen molar-refractivity contribution in [2.24, 2.45) is 0 Å². The molecule has 0 bridgehead atoms. The fraction of sp³-hybridized carbons (Fsp3) is 0.265. The van der Waals surface area contributed by atoms with Crippen LogP contribution in [-0.4, -0.2) is 77.2 Å². The van der Waals surface area contributed by atoms with Gasteiger partial charge in [0.1, 0.15) is 29.7 Å². The highest BCUT2D eigenvalue weighted by molar-refractivity contribution is 5.95. The first-order valence-corrected chi connectivity index (χ1v) is 14.9. The summed E-state index contributed by atoms with van der Waals surface area (Å²) in [5, 5.41) is 2.80. The summed E-state index contributed by atoms with van der Waals surface area (Å²) in [7, 11) is 6.04. The van der Waals surface area contributed by atoms with Crippen LogP contribution < -0.4 is 10.9 Å². The molecule has 4 rings (SSSR count). The molecule has 1 atom stereocenters. The lowest BCUT2D eigenvalue weighted by atomic mass is 10.1. The topological polar surface area (TPSA) is 132 Å². The second-order valence-corrected chi connectivity index (χ2v) is 11.3. The van der Waals surface area contributed by atoms with E-state index in [1.54, 1.807) is 14.1 Å². The van der Waals surface area contributed by atoms with Crippen molar-refractivity contribution in [3.8, 4) is 0 Å². The van der Waals surface area contributed by atoms with Crippen molar-refractivity contribution < 1.29 is 41.8 Å². The van der Waals surface area contributed by atoms with Gasteiger partial charge in [-0.3, -0.25) is 14.4 Å². The van der Waals surface area contributed by atoms with Crippen LogP contribution in [0.3, 0.4) is 0 Å². The van der Waals surface area contributed by atoms with E-state index >= 15 is 0 Å². The number of aromatic nitrogens is 2. The summed E-state index contributed by atoms with van der Waals surface area (Å²) < 4.78 is 54.5. The van der Waals surface area contributed by atoms with E-state index in [4.69, 9.17) is 9.47 Å². The smallest absolute Gasteiger partial charge is 0.419 e. The zero-order valence-corrected chi connectivity index (χ0v) is 27.1. The van der Waals surface area contributed by atoms with E-state index in [9.17, 15) is 37.1 Å². The van der Waals surface area contributed by atoms with Gasteiger partial charge in [-0.25, -0.2) is 27.3 Å². The molecule has 0 spiro atoms. The van der Waals surface area contributed by atoms with Gasteiger partial charge in [0, 0.05) is 57.1 Å². The van der Waals surface area contributed by atoms with Gasteiger partial charge in [-0.2, -0.15) is 0 Å². The molecular weight excluding hydrogens is 647 g/mol. The molecule has 12 nitrogen and oxygen atoms in total. The van der Waals surface area contributed by atoms with Crippen LogP contribution in [-0.2, 0) is 32.2 Å². The SMILES string of the molecule is CN(C)C(=O)/C=C/CC[C@H](OC(=O)N(C)C)C(=O)Nc1cccn(Cc2cc3cc(F)ccc3n2C(=O)OCc2ccc(F)cc2F)c1=O. The highest BCUT2D eigenvalue weighted by atomic mass is 19.1. The standard InChI is InChI=1S/C34H34F3N5O7/c1-39(2)30(43)10-6-5-9-29(49-33(46)40(3)4)31(44)38-27-8-7-15-41(32(27)45)19-25-17-22-16-23(35)13-14-28(22)42(25)34(47)48-20-21-11-12-24(36)18-26(21)37/h6-8,10-18,29H,5,9,19-20H2,1-4H3,(H,38,44)/b10-6+/t29-/m0/s1. The number of hydrogen-bond donors (Lipinski definition) is 1. The minimum absolute atomic E-state index is 0.00421. The first-order chi connectivity index (χ1) is 23.2. The van der Waals surface area contributed by atoms with E-state index in [1.807, 2.05) is 0 Å². The summed E-state index contributed by atoms with van der Waals surface area (Å²) in [5.74, 6) is -3.35. The maximum Gasteiger partial charge on any atom is 0.419 e. The molecule has 0 aliphatic carbocycles. The predicted molar refractivity (Wildman–Crippen MR) is 173 cm³/mol. The average molecular weight is 682 g/mol. The van der Waals surface area contributed by atoms with Crippen molar-refractivity contribution in [2.45, 2.75) is 32.1 Å². The molecule has 258 valence electrons. The number of allylic oxidation sites excluding steroid dienone is 1. The van der Waals surface area contributed by atoms with Gasteiger partial charge in [0.2, 0.25) is 5.91 Å². The van der Waals surface area contributed by atoms with Crippen LogP contribution >= 0.6 is 0 Å². The van der Waals surface area contributed by atoms with Crippen molar-refractivity contribution in [2.75, 3.05) is 33.5 Å². The number of anilines is 1. The summed E-state index contributed by atoms with van der Waals surface area (Å²) in [6.07, 6.45) is 1.38. The number of hydrogen-bond acceptors (Lipinski definition) is 7. The molecule has 0 saturated heterocycles. The number of nitrogens with zero attached hydrogens (tertiary/aromatic N) is 4. The van der Waals surface area contributed by atoms with Crippen LogP contribution in [0.5, 0.6) is 0 Å². The van der Waals surface area contributed by atoms with E-state index in [0.29, 0.717) is 11.5 Å². The highest BCUT2D eigenvalue weighted by Gasteiger charge is 2.25. The molecular formula is C34H34F3N5O7. The summed E-state index contributed by atoms with van der Waals surface area (Å²) >= 11 is 0. The third-order valence-corrected chi connectivity index (χ3v) is 7.20. The Morgan fingerprint density at radius 2 is 1.65 bits per heavy atom. The quantitative estimate of drug-likeness (QED) is 0.223. The minimum atomic E-state index is -1.32. The second kappa shape index (κ2) is 15.8. The molecule has 4 aromatic rings. The number of nitrogens with one attached hydrogen (secondary N) is 1. The lowest BCUT2D eigenvalue weighted by Crippen LogP contribution is -2.37. The lowest BCUT2D eigenvalue weighted by molar-refractivity contribution is -0.125. The molecule has 0 unspecified atom stereocenters. The monoisotopic (exact) mass is 681 g/mol. The van der Waals surface area contributed by atoms with Crippen LogP contribution in [0, 0.1) is 17.5 Å². The van der Waals surface area contributed by atoms with Crippen LogP contribution in [0.15, 0.2) is 77.7 Å². The lowest BCUT2D eigenvalue weighted by Gasteiger charge is -2.20. The Bertz CT molecular complexity index is 1970. The van der Waals surface area contributed by atoms with Gasteiger partial charge in [-0.1, -0.05) is 6.08 Å². The van der Waals surface area contributed by atoms with Gasteiger partial charge in [-0.15, -0.1) is 0 Å². The van der Waals surface area contributed by atoms with Crippen molar-refractivity contribution in [3.63, 3.8) is 0 Å². The molecule has 0 aliphatic heterocycles. The van der Waals surface area contributed by atoms with Gasteiger partial charge in [0.25, 0.3) is 11.5 Å². The number of ether oxygens (including phenoxy) is 2. The summed E-state index contributed by atoms with van der Waals surface area (Å²) in [4.78, 5) is 66.7. The van der Waals surface area contributed by atoms with Gasteiger partial charge >= 0.3 is 12.2 Å². The van der Waals surface area contributed by atoms with Crippen LogP contribution in [0.4, 0.5) is 28.4 Å². The predicted octanol–water partition coefficient (Wildman–Crippen LogP) is 4.88. The maximum absolute atomic E-state index is 14.2. The second-order valence-electron chi connectivity index (χ2n) is 11.3. The van der Waals surface area contributed by atoms with Crippen LogP contribution in [0.1, 0.15) is 24.1 Å². The Morgan fingerprint density at radius 1 is 0.939 bits per heavy atom. The summed E-state index contributed by atoms with van der Waals surface area (Å²) in [5.41, 5.74) is -0.501. The Balaban J connectivity index is 1.58. The summed E-state index contributed by atoms with van der Waals surface area (Å²) in [6.45, 7) is -0.781. The fourth-order valence-electron chi connectivity index (χ4n) is 4.61. The third-order valence-electron chi connectivity index (χ3n) is 7.20. The van der Waals surface area contributed by atoms with E-state index in [2.05, 4.69) is 5.32 Å². The molecule has 3 amide bonds. The number of fused-ring (bicyclic) bond motifs is 1. The summed E-state index contributed by atoms with van der Waals surface area (Å²) in [6, 6.07) is 10.7. The van der Waals surface area contributed by atoms with Crippen molar-refractivity contribution in [1.29, 1.82) is 0 Å². The normalized spacial score (nSPS) is 11.7. The Morgan fingerprint density at radius 3 is 2.35 bits per heavy atom. The molecule has 15 heteroatoms. The van der Waals surface area contributed by atoms with E-state index < -0.39 is 53.8 Å². The zero-order chi connectivity index (χ0) is 35.8. The van der Waals surface area contributed by atoms with Gasteiger partial charge in [0.05, 0.1) is 12.1 Å². The fourth-order valence-corrected chi connectivity index (χ4v) is 4.61. The van der Waals surface area contributed by atoms with E-state index in [-0.39, 0.29) is 47.8 Å². The van der Waals surface area contributed by atoms with Crippen molar-refractivity contribution >= 4 is 40.6 Å². The molecule has 0 radical (unpaired) electrons. The number of carbonyl (C=O) groups is 4. The first-order valence-electron chi connectivity index (χ1n) is 14.9. The third kappa shape index (κ3) is 9.15. The number of amides is 3. The van der Waals surface area contributed by atoms with E-state index in [0.717, 1.165) is 27.7 Å². The number of rotatable bonds is 11. The van der Waals surface area contributed by atoms with Crippen LogP contribution in [0.25, 0.3) is 10.9 Å². The minimum Gasteiger partial charge on any atom is -0.444 e. The molecule has 2 aromatic heterocycles. The number of halogens is 3. The molecule has 2 aromatic carbocycles. The Kier molecular flexibility index (Phi) is 11.6. The van der Waals surface area contributed by atoms with E-state index in [1.165, 1.54) is 72.2 Å². The number of likely N-dealkylation sites (N-methyl/N-ethyl adjacent to an activating group) is 1. The Labute approximate surface area is 278 Å². The van der Waals surface area contributed by atoms with Gasteiger partial charge in [-0.05, 0) is 67.4 Å². The Hall–Kier alpha value is -5.86. The molecule has 2 heterocycles. The molecule has 49 heavy (non-hydrogen) atoms. The highest BCUT2D eigenvalue weighted by Crippen LogP contribution is 2.23. The molecule has 0 aliphatic rings. The maximum atomic E-state index is 14.2. The number of benzene rings is 2. The molecule has 1 N–H and O–H groups in total. The molecule has 0 fully saturated rings. The molecule has 0 saturated carbocycles. The van der Waals surface area contributed by atoms with Crippen molar-refractivity contribution in [1.82, 2.24) is 18.9 Å².